The lowest BCUT2D eigenvalue weighted by Gasteiger charge is -2.21. The van der Waals surface area contributed by atoms with Gasteiger partial charge in [0.1, 0.15) is 0 Å². The normalized spacial score (nSPS) is 16.0. The summed E-state index contributed by atoms with van der Waals surface area (Å²) >= 11 is 1.64. The number of thiazole rings is 1. The highest BCUT2D eigenvalue weighted by Gasteiger charge is 2.27. The molecule has 4 rings (SSSR count). The van der Waals surface area contributed by atoms with Gasteiger partial charge in [-0.15, -0.1) is 0 Å². The summed E-state index contributed by atoms with van der Waals surface area (Å²) in [5.74, 6) is -0.192. The third-order valence-corrected chi connectivity index (χ3v) is 7.83. The SMILES string of the molecule is CC(=O)Nc1ccc(S(=O)(=O)N2CCCN(c3nc4ccccc4s3)CC2)cc1. The van der Waals surface area contributed by atoms with Gasteiger partial charge < -0.3 is 10.2 Å². The molecule has 1 fully saturated rings. The first-order chi connectivity index (χ1) is 13.9. The van der Waals surface area contributed by atoms with Crippen molar-refractivity contribution >= 4 is 48.3 Å². The van der Waals surface area contributed by atoms with Crippen LogP contribution in [0.5, 0.6) is 0 Å². The average Bonchev–Trinajstić information content (AvgIpc) is 2.96. The highest BCUT2D eigenvalue weighted by Crippen LogP contribution is 2.29. The third kappa shape index (κ3) is 4.26. The number of sulfonamides is 1. The molecule has 1 N–H and O–H groups in total. The van der Waals surface area contributed by atoms with Gasteiger partial charge in [0.05, 0.1) is 15.1 Å². The number of benzene rings is 2. The molecule has 0 bridgehead atoms. The van der Waals surface area contributed by atoms with Gasteiger partial charge >= 0.3 is 0 Å². The highest BCUT2D eigenvalue weighted by molar-refractivity contribution is 7.89. The van der Waals surface area contributed by atoms with Crippen molar-refractivity contribution in [3.63, 3.8) is 0 Å². The lowest BCUT2D eigenvalue weighted by atomic mass is 10.3. The summed E-state index contributed by atoms with van der Waals surface area (Å²) in [5.41, 5.74) is 1.55. The summed E-state index contributed by atoms with van der Waals surface area (Å²) < 4.78 is 28.8. The van der Waals surface area contributed by atoms with Gasteiger partial charge in [0.15, 0.2) is 5.13 Å². The van der Waals surface area contributed by atoms with Gasteiger partial charge in [-0.3, -0.25) is 4.79 Å². The van der Waals surface area contributed by atoms with Crippen LogP contribution in [0, 0.1) is 0 Å². The topological polar surface area (TPSA) is 82.6 Å². The molecule has 0 unspecified atom stereocenters. The maximum Gasteiger partial charge on any atom is 0.243 e. The fourth-order valence-electron chi connectivity index (χ4n) is 3.38. The minimum atomic E-state index is -3.58. The Hall–Kier alpha value is -2.49. The Balaban J connectivity index is 1.49. The van der Waals surface area contributed by atoms with Crippen LogP contribution in [0.4, 0.5) is 10.8 Å². The van der Waals surface area contributed by atoms with Crippen LogP contribution in [0.25, 0.3) is 10.2 Å². The Kier molecular flexibility index (Phi) is 5.53. The van der Waals surface area contributed by atoms with Crippen molar-refractivity contribution in [1.82, 2.24) is 9.29 Å². The average molecular weight is 431 g/mol. The van der Waals surface area contributed by atoms with E-state index in [2.05, 4.69) is 16.3 Å². The van der Waals surface area contributed by atoms with E-state index in [4.69, 9.17) is 4.98 Å². The van der Waals surface area contributed by atoms with E-state index >= 15 is 0 Å². The molecular formula is C20H22N4O3S2. The fourth-order valence-corrected chi connectivity index (χ4v) is 5.87. The Bertz CT molecular complexity index is 1090. The first kappa shape index (κ1) is 19.8. The molecule has 0 saturated carbocycles. The van der Waals surface area contributed by atoms with Gasteiger partial charge in [0.25, 0.3) is 0 Å². The van der Waals surface area contributed by atoms with Crippen molar-refractivity contribution in [2.45, 2.75) is 18.2 Å². The number of aromatic nitrogens is 1. The molecule has 1 aromatic heterocycles. The number of carbonyl (C=O) groups excluding carboxylic acids is 1. The van der Waals surface area contributed by atoms with Crippen LogP contribution in [0.2, 0.25) is 0 Å². The number of nitrogens with one attached hydrogen (secondary N) is 1. The Morgan fingerprint density at radius 2 is 1.79 bits per heavy atom. The number of amides is 1. The lowest BCUT2D eigenvalue weighted by Crippen LogP contribution is -2.35. The van der Waals surface area contributed by atoms with Crippen LogP contribution in [-0.4, -0.2) is 49.8 Å². The molecule has 2 heterocycles. The molecule has 0 aliphatic carbocycles. The maximum absolute atomic E-state index is 13.1. The van der Waals surface area contributed by atoms with Crippen molar-refractivity contribution in [3.05, 3.63) is 48.5 Å². The van der Waals surface area contributed by atoms with Crippen LogP contribution in [0.1, 0.15) is 13.3 Å². The Labute approximate surface area is 174 Å². The van der Waals surface area contributed by atoms with E-state index in [1.807, 2.05) is 18.2 Å². The number of para-hydroxylation sites is 1. The highest BCUT2D eigenvalue weighted by atomic mass is 32.2. The zero-order valence-corrected chi connectivity index (χ0v) is 17.7. The van der Waals surface area contributed by atoms with E-state index < -0.39 is 10.0 Å². The number of hydrogen-bond acceptors (Lipinski definition) is 6. The second-order valence-electron chi connectivity index (χ2n) is 6.91. The van der Waals surface area contributed by atoms with E-state index in [1.54, 1.807) is 23.5 Å². The standard InChI is InChI=1S/C20H22N4O3S2/c1-15(25)21-16-7-9-17(10-8-16)29(26,27)24-12-4-11-23(13-14-24)20-22-18-5-2-3-6-19(18)28-20/h2-3,5-10H,4,11-14H2,1H3,(H,21,25). The smallest absolute Gasteiger partial charge is 0.243 e. The van der Waals surface area contributed by atoms with Gasteiger partial charge in [0, 0.05) is 38.8 Å². The second kappa shape index (κ2) is 8.10. The summed E-state index contributed by atoms with van der Waals surface area (Å²) in [4.78, 5) is 18.2. The van der Waals surface area contributed by atoms with Gasteiger partial charge in [-0.2, -0.15) is 4.31 Å². The van der Waals surface area contributed by atoms with Gasteiger partial charge in [-0.05, 0) is 42.8 Å². The minimum absolute atomic E-state index is 0.192. The predicted octanol–water partition coefficient (Wildman–Crippen LogP) is 3.16. The molecule has 9 heteroatoms. The molecule has 1 amide bonds. The van der Waals surface area contributed by atoms with Gasteiger partial charge in [0.2, 0.25) is 15.9 Å². The van der Waals surface area contributed by atoms with Crippen molar-refractivity contribution in [3.8, 4) is 0 Å². The van der Waals surface area contributed by atoms with Crippen molar-refractivity contribution < 1.29 is 13.2 Å². The molecule has 1 aliphatic rings. The summed E-state index contributed by atoms with van der Waals surface area (Å²) in [5, 5.41) is 3.58. The third-order valence-electron chi connectivity index (χ3n) is 4.82. The summed E-state index contributed by atoms with van der Waals surface area (Å²) in [6, 6.07) is 14.3. The lowest BCUT2D eigenvalue weighted by molar-refractivity contribution is -0.114. The van der Waals surface area contributed by atoms with E-state index in [0.717, 1.165) is 28.3 Å². The monoisotopic (exact) mass is 430 g/mol. The molecule has 0 radical (unpaired) electrons. The fraction of sp³-hybridized carbons (Fsp3) is 0.300. The molecule has 29 heavy (non-hydrogen) atoms. The molecule has 7 nitrogen and oxygen atoms in total. The quantitative estimate of drug-likeness (QED) is 0.688. The van der Waals surface area contributed by atoms with E-state index in [9.17, 15) is 13.2 Å². The van der Waals surface area contributed by atoms with Gasteiger partial charge in [-0.1, -0.05) is 23.5 Å². The Morgan fingerprint density at radius 1 is 1.03 bits per heavy atom. The summed E-state index contributed by atoms with van der Waals surface area (Å²) in [6.07, 6.45) is 0.735. The van der Waals surface area contributed by atoms with Crippen molar-refractivity contribution in [2.24, 2.45) is 0 Å². The molecule has 152 valence electrons. The summed E-state index contributed by atoms with van der Waals surface area (Å²) in [7, 11) is -3.58. The van der Waals surface area contributed by atoms with Crippen molar-refractivity contribution in [2.75, 3.05) is 36.4 Å². The largest absolute Gasteiger partial charge is 0.347 e. The van der Waals surface area contributed by atoms with E-state index in [1.165, 1.54) is 23.4 Å². The van der Waals surface area contributed by atoms with Crippen LogP contribution >= 0.6 is 11.3 Å². The number of nitrogens with zero attached hydrogens (tertiary/aromatic N) is 3. The first-order valence-electron chi connectivity index (χ1n) is 9.42. The second-order valence-corrected chi connectivity index (χ2v) is 9.86. The van der Waals surface area contributed by atoms with Crippen LogP contribution in [0.3, 0.4) is 0 Å². The molecular weight excluding hydrogens is 408 g/mol. The zero-order chi connectivity index (χ0) is 20.4. The predicted molar refractivity (Wildman–Crippen MR) is 116 cm³/mol. The molecule has 0 atom stereocenters. The Morgan fingerprint density at radius 3 is 2.52 bits per heavy atom. The van der Waals surface area contributed by atoms with Crippen LogP contribution < -0.4 is 10.2 Å². The number of hydrogen-bond donors (Lipinski definition) is 1. The number of carbonyl (C=O) groups is 1. The van der Waals surface area contributed by atoms with Gasteiger partial charge in [-0.25, -0.2) is 13.4 Å². The van der Waals surface area contributed by atoms with Crippen LogP contribution in [-0.2, 0) is 14.8 Å². The molecule has 0 spiro atoms. The molecule has 1 saturated heterocycles. The molecule has 1 aliphatic heterocycles. The first-order valence-corrected chi connectivity index (χ1v) is 11.7. The molecule has 2 aromatic carbocycles. The summed E-state index contributed by atoms with van der Waals surface area (Å²) in [6.45, 7) is 3.66. The van der Waals surface area contributed by atoms with Crippen molar-refractivity contribution in [1.29, 1.82) is 0 Å². The number of rotatable bonds is 4. The number of fused-ring (bicyclic) bond motifs is 1. The van der Waals surface area contributed by atoms with Crippen LogP contribution in [0.15, 0.2) is 53.4 Å². The maximum atomic E-state index is 13.1. The minimum Gasteiger partial charge on any atom is -0.347 e. The molecule has 3 aromatic rings. The number of anilines is 2. The van der Waals surface area contributed by atoms with E-state index in [0.29, 0.717) is 25.3 Å². The zero-order valence-electron chi connectivity index (χ0n) is 16.0. The van der Waals surface area contributed by atoms with E-state index in [-0.39, 0.29) is 10.8 Å².